The number of carbonyl (C=O) groups is 2. The first-order valence-corrected chi connectivity index (χ1v) is 10.0. The zero-order valence-electron chi connectivity index (χ0n) is 18.0. The lowest BCUT2D eigenvalue weighted by Gasteiger charge is -2.19. The minimum Gasteiger partial charge on any atom is -0.497 e. The molecule has 0 spiro atoms. The summed E-state index contributed by atoms with van der Waals surface area (Å²) in [5, 5.41) is 0. The number of benzene rings is 3. The largest absolute Gasteiger partial charge is 0.497 e. The van der Waals surface area contributed by atoms with Crippen molar-refractivity contribution in [2.24, 2.45) is 4.99 Å². The highest BCUT2D eigenvalue weighted by molar-refractivity contribution is 6.33. The second kappa shape index (κ2) is 8.89. The number of carbonyl (C=O) groups excluding carboxylic acids is 2. The standard InChI is InChI=1S/C26H22N2O4/c1-17-4-12-21(13-5-17)28-24(19-10-14-22(31-2)15-11-19)27-23(25(28)29)16-18-6-8-20(9-7-18)26(30)32-3/h4-16H,1-3H3/b23-16+. The van der Waals surface area contributed by atoms with Crippen LogP contribution >= 0.6 is 0 Å². The Morgan fingerprint density at radius 2 is 1.56 bits per heavy atom. The van der Waals surface area contributed by atoms with E-state index in [9.17, 15) is 9.59 Å². The van der Waals surface area contributed by atoms with Crippen molar-refractivity contribution in [2.75, 3.05) is 19.1 Å². The number of aliphatic imine (C=N–C) groups is 1. The molecule has 0 bridgehead atoms. The zero-order chi connectivity index (χ0) is 22.7. The van der Waals surface area contributed by atoms with Gasteiger partial charge in [-0.3, -0.25) is 9.69 Å². The van der Waals surface area contributed by atoms with Crippen LogP contribution in [0, 0.1) is 6.92 Å². The lowest BCUT2D eigenvalue weighted by atomic mass is 10.1. The topological polar surface area (TPSA) is 68.2 Å². The summed E-state index contributed by atoms with van der Waals surface area (Å²) in [6, 6.07) is 22.0. The minimum absolute atomic E-state index is 0.225. The average molecular weight is 426 g/mol. The SMILES string of the molecule is COC(=O)c1ccc(/C=C2/N=C(c3ccc(OC)cc3)N(c3ccc(C)cc3)C2=O)cc1. The number of amides is 1. The van der Waals surface area contributed by atoms with Crippen LogP contribution in [0.25, 0.3) is 6.08 Å². The van der Waals surface area contributed by atoms with Crippen LogP contribution in [0.1, 0.15) is 27.0 Å². The predicted molar refractivity (Wildman–Crippen MR) is 124 cm³/mol. The number of nitrogens with zero attached hydrogens (tertiary/aromatic N) is 2. The number of anilines is 1. The van der Waals surface area contributed by atoms with Crippen molar-refractivity contribution in [2.45, 2.75) is 6.92 Å². The van der Waals surface area contributed by atoms with Gasteiger partial charge in [0, 0.05) is 5.56 Å². The van der Waals surface area contributed by atoms with Crippen molar-refractivity contribution in [1.82, 2.24) is 0 Å². The summed E-state index contributed by atoms with van der Waals surface area (Å²) in [6.07, 6.45) is 1.71. The second-order valence-corrected chi connectivity index (χ2v) is 7.28. The van der Waals surface area contributed by atoms with Crippen molar-refractivity contribution < 1.29 is 19.1 Å². The summed E-state index contributed by atoms with van der Waals surface area (Å²) >= 11 is 0. The molecule has 0 fully saturated rings. The van der Waals surface area contributed by atoms with Gasteiger partial charge in [-0.2, -0.15) is 0 Å². The molecule has 0 unspecified atom stereocenters. The van der Waals surface area contributed by atoms with Gasteiger partial charge >= 0.3 is 5.97 Å². The molecule has 0 N–H and O–H groups in total. The van der Waals surface area contributed by atoms with Crippen LogP contribution in [-0.2, 0) is 9.53 Å². The number of rotatable bonds is 5. The third-order valence-electron chi connectivity index (χ3n) is 5.14. The van der Waals surface area contributed by atoms with Crippen molar-refractivity contribution in [3.05, 3.63) is 101 Å². The van der Waals surface area contributed by atoms with E-state index >= 15 is 0 Å². The number of methoxy groups -OCH3 is 2. The van der Waals surface area contributed by atoms with E-state index in [4.69, 9.17) is 9.47 Å². The van der Waals surface area contributed by atoms with Gasteiger partial charge in [0.05, 0.1) is 25.5 Å². The van der Waals surface area contributed by atoms with Crippen molar-refractivity contribution in [3.63, 3.8) is 0 Å². The summed E-state index contributed by atoms with van der Waals surface area (Å²) < 4.78 is 9.98. The molecule has 0 radical (unpaired) electrons. The van der Waals surface area contributed by atoms with Crippen LogP contribution in [0.4, 0.5) is 5.69 Å². The van der Waals surface area contributed by atoms with E-state index in [1.807, 2.05) is 55.5 Å². The normalized spacial score (nSPS) is 14.5. The van der Waals surface area contributed by atoms with E-state index < -0.39 is 5.97 Å². The highest BCUT2D eigenvalue weighted by atomic mass is 16.5. The van der Waals surface area contributed by atoms with Gasteiger partial charge in [0.1, 0.15) is 17.3 Å². The molecular weight excluding hydrogens is 404 g/mol. The Morgan fingerprint density at radius 3 is 2.16 bits per heavy atom. The quantitative estimate of drug-likeness (QED) is 0.441. The van der Waals surface area contributed by atoms with E-state index in [2.05, 4.69) is 4.99 Å². The molecule has 3 aromatic carbocycles. The summed E-state index contributed by atoms with van der Waals surface area (Å²) in [5.41, 5.74) is 4.14. The van der Waals surface area contributed by atoms with E-state index in [-0.39, 0.29) is 5.91 Å². The van der Waals surface area contributed by atoms with Gasteiger partial charge in [-0.1, -0.05) is 29.8 Å². The molecular formula is C26H22N2O4. The Bertz CT molecular complexity index is 1210. The van der Waals surface area contributed by atoms with E-state index in [1.54, 1.807) is 42.4 Å². The third-order valence-corrected chi connectivity index (χ3v) is 5.14. The molecule has 1 heterocycles. The molecule has 0 aliphatic carbocycles. The van der Waals surface area contributed by atoms with E-state index in [0.717, 1.165) is 28.1 Å². The molecule has 0 atom stereocenters. The fourth-order valence-electron chi connectivity index (χ4n) is 3.37. The summed E-state index contributed by atoms with van der Waals surface area (Å²) in [5.74, 6) is 0.629. The molecule has 1 aliphatic rings. The first-order chi connectivity index (χ1) is 15.5. The average Bonchev–Trinajstić information content (AvgIpc) is 3.15. The Balaban J connectivity index is 1.75. The number of aryl methyl sites for hydroxylation is 1. The Labute approximate surface area is 186 Å². The van der Waals surface area contributed by atoms with Crippen LogP contribution < -0.4 is 9.64 Å². The van der Waals surface area contributed by atoms with Gasteiger partial charge in [-0.15, -0.1) is 0 Å². The van der Waals surface area contributed by atoms with Crippen LogP contribution in [0.2, 0.25) is 0 Å². The van der Waals surface area contributed by atoms with Crippen LogP contribution in [0.15, 0.2) is 83.5 Å². The maximum Gasteiger partial charge on any atom is 0.337 e. The molecule has 4 rings (SSSR count). The first-order valence-electron chi connectivity index (χ1n) is 10.0. The van der Waals surface area contributed by atoms with Gasteiger partial charge < -0.3 is 9.47 Å². The fourth-order valence-corrected chi connectivity index (χ4v) is 3.37. The maximum absolute atomic E-state index is 13.4. The number of esters is 1. The fraction of sp³-hybridized carbons (Fsp3) is 0.115. The molecule has 6 nitrogen and oxygen atoms in total. The molecule has 160 valence electrons. The van der Waals surface area contributed by atoms with Gasteiger partial charge in [0.2, 0.25) is 0 Å². The third kappa shape index (κ3) is 4.16. The predicted octanol–water partition coefficient (Wildman–Crippen LogP) is 4.62. The van der Waals surface area contributed by atoms with Crippen LogP contribution in [-0.4, -0.2) is 31.9 Å². The Kier molecular flexibility index (Phi) is 5.85. The number of hydrogen-bond donors (Lipinski definition) is 0. The maximum atomic E-state index is 13.4. The van der Waals surface area contributed by atoms with Crippen LogP contribution in [0.5, 0.6) is 5.75 Å². The summed E-state index contributed by atoms with van der Waals surface area (Å²) in [7, 11) is 2.95. The van der Waals surface area contributed by atoms with Crippen molar-refractivity contribution >= 4 is 29.5 Å². The first kappa shape index (κ1) is 21.1. The Hall–Kier alpha value is -4.19. The number of ether oxygens (including phenoxy) is 2. The van der Waals surface area contributed by atoms with Crippen LogP contribution in [0.3, 0.4) is 0 Å². The van der Waals surface area contributed by atoms with Crippen molar-refractivity contribution in [3.8, 4) is 5.75 Å². The highest BCUT2D eigenvalue weighted by Gasteiger charge is 2.32. The Morgan fingerprint density at radius 1 is 0.906 bits per heavy atom. The van der Waals surface area contributed by atoms with Gasteiger partial charge in [0.25, 0.3) is 5.91 Å². The highest BCUT2D eigenvalue weighted by Crippen LogP contribution is 2.29. The lowest BCUT2D eigenvalue weighted by Crippen LogP contribution is -2.32. The minimum atomic E-state index is -0.411. The molecule has 32 heavy (non-hydrogen) atoms. The smallest absolute Gasteiger partial charge is 0.337 e. The second-order valence-electron chi connectivity index (χ2n) is 7.28. The number of hydrogen-bond acceptors (Lipinski definition) is 5. The van der Waals surface area contributed by atoms with Gasteiger partial charge in [-0.05, 0) is 67.1 Å². The molecule has 6 heteroatoms. The molecule has 1 amide bonds. The molecule has 0 aromatic heterocycles. The molecule has 3 aromatic rings. The lowest BCUT2D eigenvalue weighted by molar-refractivity contribution is -0.113. The summed E-state index contributed by atoms with van der Waals surface area (Å²) in [4.78, 5) is 31.3. The van der Waals surface area contributed by atoms with E-state index in [0.29, 0.717) is 17.1 Å². The van der Waals surface area contributed by atoms with E-state index in [1.165, 1.54) is 7.11 Å². The van der Waals surface area contributed by atoms with Crippen molar-refractivity contribution in [1.29, 1.82) is 0 Å². The van der Waals surface area contributed by atoms with Gasteiger partial charge in [0.15, 0.2) is 0 Å². The van der Waals surface area contributed by atoms with Gasteiger partial charge in [-0.25, -0.2) is 9.79 Å². The number of amidine groups is 1. The molecule has 0 saturated carbocycles. The molecule has 1 aliphatic heterocycles. The zero-order valence-corrected chi connectivity index (χ0v) is 18.0. The monoisotopic (exact) mass is 426 g/mol. The summed E-state index contributed by atoms with van der Waals surface area (Å²) in [6.45, 7) is 2.00. The molecule has 0 saturated heterocycles.